The first-order valence-corrected chi connectivity index (χ1v) is 8.16. The Hall–Kier alpha value is -2.13. The molecule has 0 aromatic heterocycles. The third-order valence-electron chi connectivity index (χ3n) is 4.84. The molecular weight excluding hydrogens is 284 g/mol. The fraction of sp³-hybridized carbons (Fsp3) is 0.350. The summed E-state index contributed by atoms with van der Waals surface area (Å²) < 4.78 is 0. The SMILES string of the molecule is Cc1cccc2c1CNCC2NC(=O)C(C)(C)c1ccccc1. The van der Waals surface area contributed by atoms with Crippen LogP contribution in [0.25, 0.3) is 0 Å². The maximum Gasteiger partial charge on any atom is 0.230 e. The number of nitrogens with one attached hydrogen (secondary N) is 2. The largest absolute Gasteiger partial charge is 0.347 e. The molecule has 0 saturated heterocycles. The molecule has 1 aliphatic heterocycles. The highest BCUT2D eigenvalue weighted by atomic mass is 16.2. The van der Waals surface area contributed by atoms with Crippen molar-refractivity contribution in [1.29, 1.82) is 0 Å². The first-order valence-electron chi connectivity index (χ1n) is 8.16. The third kappa shape index (κ3) is 3.02. The van der Waals surface area contributed by atoms with Crippen LogP contribution in [0, 0.1) is 6.92 Å². The number of benzene rings is 2. The van der Waals surface area contributed by atoms with E-state index in [2.05, 4.69) is 35.8 Å². The van der Waals surface area contributed by atoms with Crippen LogP contribution in [0.3, 0.4) is 0 Å². The monoisotopic (exact) mass is 308 g/mol. The average molecular weight is 308 g/mol. The van der Waals surface area contributed by atoms with E-state index < -0.39 is 5.41 Å². The molecule has 0 fully saturated rings. The van der Waals surface area contributed by atoms with Gasteiger partial charge in [0.1, 0.15) is 0 Å². The van der Waals surface area contributed by atoms with Crippen LogP contribution in [-0.4, -0.2) is 12.5 Å². The first kappa shape index (κ1) is 15.8. The van der Waals surface area contributed by atoms with Crippen LogP contribution in [0.2, 0.25) is 0 Å². The highest BCUT2D eigenvalue weighted by molar-refractivity contribution is 5.87. The second-order valence-electron chi connectivity index (χ2n) is 6.79. The Morgan fingerprint density at radius 2 is 1.87 bits per heavy atom. The van der Waals surface area contributed by atoms with Gasteiger partial charge in [-0.3, -0.25) is 4.79 Å². The lowest BCUT2D eigenvalue weighted by Gasteiger charge is -2.32. The molecule has 1 unspecified atom stereocenters. The summed E-state index contributed by atoms with van der Waals surface area (Å²) in [5.41, 5.74) is 4.30. The summed E-state index contributed by atoms with van der Waals surface area (Å²) in [5.74, 6) is 0.0601. The minimum absolute atomic E-state index is 0.0223. The summed E-state index contributed by atoms with van der Waals surface area (Å²) >= 11 is 0. The van der Waals surface area contributed by atoms with Crippen molar-refractivity contribution in [2.75, 3.05) is 6.54 Å². The summed E-state index contributed by atoms with van der Waals surface area (Å²) in [4.78, 5) is 12.9. The molecule has 2 aromatic rings. The van der Waals surface area contributed by atoms with Crippen LogP contribution < -0.4 is 10.6 Å². The van der Waals surface area contributed by atoms with Gasteiger partial charge >= 0.3 is 0 Å². The Bertz CT molecular complexity index is 707. The van der Waals surface area contributed by atoms with E-state index in [1.807, 2.05) is 44.2 Å². The van der Waals surface area contributed by atoms with Gasteiger partial charge in [-0.15, -0.1) is 0 Å². The van der Waals surface area contributed by atoms with Gasteiger partial charge in [0.15, 0.2) is 0 Å². The number of fused-ring (bicyclic) bond motifs is 1. The van der Waals surface area contributed by atoms with Crippen LogP contribution in [0.4, 0.5) is 0 Å². The molecule has 3 nitrogen and oxygen atoms in total. The van der Waals surface area contributed by atoms with E-state index >= 15 is 0 Å². The average Bonchev–Trinajstić information content (AvgIpc) is 2.56. The molecule has 1 atom stereocenters. The second kappa shape index (κ2) is 6.17. The smallest absolute Gasteiger partial charge is 0.230 e. The number of hydrogen-bond donors (Lipinski definition) is 2. The summed E-state index contributed by atoms with van der Waals surface area (Å²) in [6.45, 7) is 7.72. The minimum atomic E-state index is -0.553. The third-order valence-corrected chi connectivity index (χ3v) is 4.84. The Balaban J connectivity index is 1.83. The van der Waals surface area contributed by atoms with Gasteiger partial charge in [-0.25, -0.2) is 0 Å². The van der Waals surface area contributed by atoms with Crippen molar-refractivity contribution in [1.82, 2.24) is 10.6 Å². The quantitative estimate of drug-likeness (QED) is 0.914. The topological polar surface area (TPSA) is 41.1 Å². The van der Waals surface area contributed by atoms with E-state index in [4.69, 9.17) is 0 Å². The fourth-order valence-corrected chi connectivity index (χ4v) is 3.20. The number of hydrogen-bond acceptors (Lipinski definition) is 2. The van der Waals surface area contributed by atoms with Gasteiger partial charge < -0.3 is 10.6 Å². The summed E-state index contributed by atoms with van der Waals surface area (Å²) in [6.07, 6.45) is 0. The zero-order valence-electron chi connectivity index (χ0n) is 14.0. The fourth-order valence-electron chi connectivity index (χ4n) is 3.20. The van der Waals surface area contributed by atoms with Crippen molar-refractivity contribution in [3.8, 4) is 0 Å². The minimum Gasteiger partial charge on any atom is -0.347 e. The molecule has 1 heterocycles. The first-order chi connectivity index (χ1) is 11.0. The Labute approximate surface area is 138 Å². The molecule has 0 bridgehead atoms. The summed E-state index contributed by atoms with van der Waals surface area (Å²) in [7, 11) is 0. The highest BCUT2D eigenvalue weighted by Gasteiger charge is 2.32. The van der Waals surface area contributed by atoms with Crippen molar-refractivity contribution in [2.24, 2.45) is 0 Å². The number of carbonyl (C=O) groups excluding carboxylic acids is 1. The molecule has 0 spiro atoms. The Kier molecular flexibility index (Phi) is 4.22. The summed E-state index contributed by atoms with van der Waals surface area (Å²) in [6, 6.07) is 16.3. The molecule has 2 aromatic carbocycles. The molecule has 0 aliphatic carbocycles. The van der Waals surface area contributed by atoms with Crippen molar-refractivity contribution in [3.63, 3.8) is 0 Å². The molecular formula is C20H24N2O. The number of amides is 1. The maximum atomic E-state index is 12.9. The standard InChI is InChI=1S/C20H24N2O/c1-14-8-7-11-16-17(14)12-21-13-18(16)22-19(23)20(2,3)15-9-5-4-6-10-15/h4-11,18,21H,12-13H2,1-3H3,(H,22,23). The van der Waals surface area contributed by atoms with E-state index in [-0.39, 0.29) is 11.9 Å². The van der Waals surface area contributed by atoms with E-state index in [9.17, 15) is 4.79 Å². The molecule has 120 valence electrons. The van der Waals surface area contributed by atoms with E-state index in [1.165, 1.54) is 16.7 Å². The molecule has 3 heteroatoms. The number of rotatable bonds is 3. The normalized spacial score (nSPS) is 17.4. The molecule has 0 radical (unpaired) electrons. The molecule has 1 aliphatic rings. The molecule has 1 amide bonds. The van der Waals surface area contributed by atoms with Crippen molar-refractivity contribution in [2.45, 2.75) is 38.8 Å². The Morgan fingerprint density at radius 3 is 2.61 bits per heavy atom. The van der Waals surface area contributed by atoms with Gasteiger partial charge in [0.25, 0.3) is 0 Å². The zero-order valence-corrected chi connectivity index (χ0v) is 14.0. The van der Waals surface area contributed by atoms with Gasteiger partial charge in [0, 0.05) is 13.1 Å². The van der Waals surface area contributed by atoms with Crippen LogP contribution >= 0.6 is 0 Å². The number of aryl methyl sites for hydroxylation is 1. The van der Waals surface area contributed by atoms with Crippen molar-refractivity contribution in [3.05, 3.63) is 70.8 Å². The van der Waals surface area contributed by atoms with Crippen LogP contribution in [-0.2, 0) is 16.8 Å². The van der Waals surface area contributed by atoms with Crippen molar-refractivity contribution < 1.29 is 4.79 Å². The lowest BCUT2D eigenvalue weighted by atomic mass is 9.83. The molecule has 3 rings (SSSR count). The number of carbonyl (C=O) groups is 1. The van der Waals surface area contributed by atoms with Crippen LogP contribution in [0.15, 0.2) is 48.5 Å². The van der Waals surface area contributed by atoms with E-state index in [1.54, 1.807) is 0 Å². The van der Waals surface area contributed by atoms with Gasteiger partial charge in [-0.1, -0.05) is 48.5 Å². The van der Waals surface area contributed by atoms with Crippen molar-refractivity contribution >= 4 is 5.91 Å². The van der Waals surface area contributed by atoms with Crippen LogP contribution in [0.1, 0.15) is 42.1 Å². The lowest BCUT2D eigenvalue weighted by Crippen LogP contribution is -2.46. The van der Waals surface area contributed by atoms with Gasteiger partial charge in [0.2, 0.25) is 5.91 Å². The van der Waals surface area contributed by atoms with Gasteiger partial charge in [-0.2, -0.15) is 0 Å². The second-order valence-corrected chi connectivity index (χ2v) is 6.79. The predicted molar refractivity (Wildman–Crippen MR) is 93.2 cm³/mol. The molecule has 2 N–H and O–H groups in total. The Morgan fingerprint density at radius 1 is 1.13 bits per heavy atom. The lowest BCUT2D eigenvalue weighted by molar-refractivity contribution is -0.126. The molecule has 0 saturated carbocycles. The summed E-state index contributed by atoms with van der Waals surface area (Å²) in [5, 5.41) is 6.65. The van der Waals surface area contributed by atoms with Crippen LogP contribution in [0.5, 0.6) is 0 Å². The van der Waals surface area contributed by atoms with E-state index in [0.29, 0.717) is 0 Å². The zero-order chi connectivity index (χ0) is 16.4. The highest BCUT2D eigenvalue weighted by Crippen LogP contribution is 2.28. The predicted octanol–water partition coefficient (Wildman–Crippen LogP) is 3.23. The molecule has 23 heavy (non-hydrogen) atoms. The van der Waals surface area contributed by atoms with E-state index in [0.717, 1.165) is 18.7 Å². The van der Waals surface area contributed by atoms with Gasteiger partial charge in [-0.05, 0) is 43.0 Å². The maximum absolute atomic E-state index is 12.9. The van der Waals surface area contributed by atoms with Gasteiger partial charge in [0.05, 0.1) is 11.5 Å².